The van der Waals surface area contributed by atoms with Gasteiger partial charge < -0.3 is 5.32 Å². The van der Waals surface area contributed by atoms with Gasteiger partial charge in [-0.15, -0.1) is 22.7 Å². The summed E-state index contributed by atoms with van der Waals surface area (Å²) in [7, 11) is 0. The van der Waals surface area contributed by atoms with E-state index in [0.717, 1.165) is 6.54 Å². The minimum Gasteiger partial charge on any atom is -0.384 e. The predicted octanol–water partition coefficient (Wildman–Crippen LogP) is 9.19. The van der Waals surface area contributed by atoms with Crippen LogP contribution in [0.3, 0.4) is 0 Å². The fourth-order valence-corrected chi connectivity index (χ4v) is 6.05. The molecule has 0 atom stereocenters. The second-order valence-electron chi connectivity index (χ2n) is 8.01. The quantitative estimate of drug-likeness (QED) is 0.196. The SMILES string of the molecule is CCCCCCCCNc1csc2cc3c(ccc4cc5ccsc5cc43)cc12. The van der Waals surface area contributed by atoms with Crippen LogP contribution in [0, 0.1) is 0 Å². The van der Waals surface area contributed by atoms with Crippen LogP contribution in [0.2, 0.25) is 0 Å². The van der Waals surface area contributed by atoms with Crippen LogP contribution in [-0.4, -0.2) is 6.54 Å². The molecule has 1 N–H and O–H groups in total. The first-order chi connectivity index (χ1) is 14.3. The molecule has 3 aromatic carbocycles. The van der Waals surface area contributed by atoms with Crippen LogP contribution in [0.1, 0.15) is 45.4 Å². The van der Waals surface area contributed by atoms with Gasteiger partial charge in [0.05, 0.1) is 5.69 Å². The van der Waals surface area contributed by atoms with Crippen molar-refractivity contribution in [3.8, 4) is 0 Å². The summed E-state index contributed by atoms with van der Waals surface area (Å²) in [6.07, 6.45) is 8.05. The molecule has 0 radical (unpaired) electrons. The van der Waals surface area contributed by atoms with Gasteiger partial charge >= 0.3 is 0 Å². The van der Waals surface area contributed by atoms with Crippen LogP contribution in [0.5, 0.6) is 0 Å². The zero-order valence-corrected chi connectivity index (χ0v) is 18.6. The highest BCUT2D eigenvalue weighted by molar-refractivity contribution is 7.18. The third-order valence-corrected chi connectivity index (χ3v) is 7.77. The minimum atomic E-state index is 1.07. The first kappa shape index (κ1) is 18.9. The maximum absolute atomic E-state index is 3.69. The van der Waals surface area contributed by atoms with Gasteiger partial charge in [0.25, 0.3) is 0 Å². The van der Waals surface area contributed by atoms with E-state index in [1.165, 1.54) is 85.9 Å². The molecule has 0 saturated carbocycles. The van der Waals surface area contributed by atoms with Crippen molar-refractivity contribution in [1.82, 2.24) is 0 Å². The Morgan fingerprint density at radius 3 is 2.31 bits per heavy atom. The number of thiophene rings is 2. The van der Waals surface area contributed by atoms with Gasteiger partial charge in [-0.25, -0.2) is 0 Å². The number of unbranched alkanes of at least 4 members (excludes halogenated alkanes) is 5. The van der Waals surface area contributed by atoms with E-state index in [-0.39, 0.29) is 0 Å². The average Bonchev–Trinajstić information content (AvgIpc) is 3.36. The molecule has 0 aliphatic heterocycles. The summed E-state index contributed by atoms with van der Waals surface area (Å²) in [4.78, 5) is 0. The van der Waals surface area contributed by atoms with Gasteiger partial charge in [-0.2, -0.15) is 0 Å². The van der Waals surface area contributed by atoms with Crippen molar-refractivity contribution in [3.63, 3.8) is 0 Å². The Hall–Kier alpha value is -2.10. The van der Waals surface area contributed by atoms with Crippen LogP contribution in [-0.2, 0) is 0 Å². The van der Waals surface area contributed by atoms with Crippen molar-refractivity contribution in [2.75, 3.05) is 11.9 Å². The highest BCUT2D eigenvalue weighted by Crippen LogP contribution is 2.38. The number of nitrogens with one attached hydrogen (secondary N) is 1. The predicted molar refractivity (Wildman–Crippen MR) is 134 cm³/mol. The molecule has 0 amide bonds. The Morgan fingerprint density at radius 1 is 0.690 bits per heavy atom. The lowest BCUT2D eigenvalue weighted by molar-refractivity contribution is 0.617. The lowest BCUT2D eigenvalue weighted by atomic mass is 10.00. The lowest BCUT2D eigenvalue weighted by Crippen LogP contribution is -2.00. The molecule has 1 nitrogen and oxygen atoms in total. The van der Waals surface area contributed by atoms with Gasteiger partial charge in [0, 0.05) is 26.7 Å². The standard InChI is InChI=1S/C26H27NS2/c1-2-3-4-5-6-7-11-27-24-17-29-26-16-22-19(14-23(24)26)9-8-18-13-20-10-12-28-25(20)15-21(18)22/h8-10,12-17,27H,2-7,11H2,1H3. The highest BCUT2D eigenvalue weighted by atomic mass is 32.1. The van der Waals surface area contributed by atoms with Crippen molar-refractivity contribution in [2.24, 2.45) is 0 Å². The van der Waals surface area contributed by atoms with E-state index in [4.69, 9.17) is 0 Å². The molecule has 29 heavy (non-hydrogen) atoms. The van der Waals surface area contributed by atoms with Crippen LogP contribution in [0.4, 0.5) is 5.69 Å². The Morgan fingerprint density at radius 2 is 1.45 bits per heavy atom. The van der Waals surface area contributed by atoms with Gasteiger partial charge in [-0.3, -0.25) is 0 Å². The topological polar surface area (TPSA) is 12.0 Å². The van der Waals surface area contributed by atoms with Crippen molar-refractivity contribution < 1.29 is 0 Å². The van der Waals surface area contributed by atoms with Crippen LogP contribution < -0.4 is 5.32 Å². The summed E-state index contributed by atoms with van der Waals surface area (Å²) in [5.74, 6) is 0. The van der Waals surface area contributed by atoms with Crippen molar-refractivity contribution in [2.45, 2.75) is 45.4 Å². The van der Waals surface area contributed by atoms with Gasteiger partial charge in [0.1, 0.15) is 0 Å². The molecule has 2 aromatic heterocycles. The average molecular weight is 418 g/mol. The van der Waals surface area contributed by atoms with Crippen molar-refractivity contribution in [3.05, 3.63) is 53.2 Å². The number of rotatable bonds is 8. The molecule has 3 heteroatoms. The molecule has 5 aromatic rings. The maximum Gasteiger partial charge on any atom is 0.0529 e. The molecule has 0 fully saturated rings. The van der Waals surface area contributed by atoms with Gasteiger partial charge in [-0.1, -0.05) is 51.2 Å². The van der Waals surface area contributed by atoms with E-state index in [0.29, 0.717) is 0 Å². The lowest BCUT2D eigenvalue weighted by Gasteiger charge is -2.08. The molecule has 0 saturated heterocycles. The summed E-state index contributed by atoms with van der Waals surface area (Å²) in [6.45, 7) is 3.35. The van der Waals surface area contributed by atoms with Crippen LogP contribution in [0.25, 0.3) is 41.7 Å². The third-order valence-electron chi connectivity index (χ3n) is 5.95. The summed E-state index contributed by atoms with van der Waals surface area (Å²) in [5.41, 5.74) is 1.30. The summed E-state index contributed by atoms with van der Waals surface area (Å²) in [5, 5.41) is 16.3. The molecule has 5 rings (SSSR count). The normalized spacial score (nSPS) is 11.9. The van der Waals surface area contributed by atoms with Crippen LogP contribution in [0.15, 0.2) is 53.2 Å². The number of benzene rings is 3. The van der Waals surface area contributed by atoms with E-state index in [1.807, 2.05) is 22.7 Å². The number of anilines is 1. The van der Waals surface area contributed by atoms with E-state index in [1.54, 1.807) is 0 Å². The van der Waals surface area contributed by atoms with E-state index < -0.39 is 0 Å². The van der Waals surface area contributed by atoms with Gasteiger partial charge in [-0.05, 0) is 69.1 Å². The zero-order chi connectivity index (χ0) is 19.6. The summed E-state index contributed by atoms with van der Waals surface area (Å²) >= 11 is 3.69. The van der Waals surface area contributed by atoms with Crippen molar-refractivity contribution >= 4 is 70.1 Å². The van der Waals surface area contributed by atoms with E-state index in [9.17, 15) is 0 Å². The molecule has 0 unspecified atom stereocenters. The molecule has 0 bridgehead atoms. The second kappa shape index (κ2) is 8.33. The largest absolute Gasteiger partial charge is 0.384 e. The Kier molecular flexibility index (Phi) is 5.43. The first-order valence-electron chi connectivity index (χ1n) is 10.8. The second-order valence-corrected chi connectivity index (χ2v) is 9.87. The van der Waals surface area contributed by atoms with E-state index in [2.05, 4.69) is 65.5 Å². The smallest absolute Gasteiger partial charge is 0.0529 e. The van der Waals surface area contributed by atoms with Gasteiger partial charge in [0.15, 0.2) is 0 Å². The minimum absolute atomic E-state index is 1.07. The summed E-state index contributed by atoms with van der Waals surface area (Å²) in [6, 6.07) is 16.2. The molecular weight excluding hydrogens is 390 g/mol. The monoisotopic (exact) mass is 417 g/mol. The molecular formula is C26H27NS2. The summed E-state index contributed by atoms with van der Waals surface area (Å²) < 4.78 is 2.75. The number of hydrogen-bond donors (Lipinski definition) is 1. The Labute approximate surface area is 180 Å². The molecule has 148 valence electrons. The fraction of sp³-hybridized carbons (Fsp3) is 0.308. The molecule has 0 aliphatic rings. The maximum atomic E-state index is 3.69. The molecule has 0 spiro atoms. The molecule has 0 aliphatic carbocycles. The highest BCUT2D eigenvalue weighted by Gasteiger charge is 2.09. The first-order valence-corrected chi connectivity index (χ1v) is 12.6. The Bertz CT molecular complexity index is 1280. The number of fused-ring (bicyclic) bond motifs is 5. The van der Waals surface area contributed by atoms with Gasteiger partial charge in [0.2, 0.25) is 0 Å². The van der Waals surface area contributed by atoms with Crippen molar-refractivity contribution in [1.29, 1.82) is 0 Å². The van der Waals surface area contributed by atoms with Crippen LogP contribution >= 0.6 is 22.7 Å². The Balaban J connectivity index is 1.42. The zero-order valence-electron chi connectivity index (χ0n) is 17.0. The fourth-order valence-electron chi connectivity index (χ4n) is 4.30. The molecule has 2 heterocycles. The van der Waals surface area contributed by atoms with E-state index >= 15 is 0 Å². The number of hydrogen-bond acceptors (Lipinski definition) is 3. The third kappa shape index (κ3) is 3.74.